The Morgan fingerprint density at radius 1 is 1.00 bits per heavy atom. The van der Waals surface area contributed by atoms with E-state index in [2.05, 4.69) is 89.9 Å². The van der Waals surface area contributed by atoms with E-state index < -0.39 is 0 Å². The van der Waals surface area contributed by atoms with E-state index >= 15 is 0 Å². The molecule has 0 aliphatic rings. The fourth-order valence-corrected chi connectivity index (χ4v) is 3.12. The standard InChI is InChI=1S/C18H22BrNS/c1-13(12-15-4-8-17(19)9-5-15)20-14(2)16-6-10-18(21-3)11-7-16/h4-11,13-14,20H,12H2,1-3H3. The van der Waals surface area contributed by atoms with E-state index in [1.165, 1.54) is 16.0 Å². The third kappa shape index (κ3) is 5.17. The molecule has 3 heteroatoms. The van der Waals surface area contributed by atoms with Gasteiger partial charge in [0.2, 0.25) is 0 Å². The zero-order chi connectivity index (χ0) is 15.2. The minimum atomic E-state index is 0.367. The minimum Gasteiger partial charge on any atom is -0.307 e. The van der Waals surface area contributed by atoms with Crippen LogP contribution in [-0.4, -0.2) is 12.3 Å². The van der Waals surface area contributed by atoms with Gasteiger partial charge in [-0.05, 0) is 61.9 Å². The number of rotatable bonds is 6. The first kappa shape index (κ1) is 16.6. The summed E-state index contributed by atoms with van der Waals surface area (Å²) in [6, 6.07) is 18.2. The second-order valence-corrected chi connectivity index (χ2v) is 7.19. The van der Waals surface area contributed by atoms with Crippen molar-refractivity contribution in [2.75, 3.05) is 6.26 Å². The van der Waals surface area contributed by atoms with Crippen molar-refractivity contribution in [3.05, 3.63) is 64.1 Å². The van der Waals surface area contributed by atoms with Gasteiger partial charge in [0, 0.05) is 21.5 Å². The van der Waals surface area contributed by atoms with E-state index in [0.717, 1.165) is 10.9 Å². The lowest BCUT2D eigenvalue weighted by Gasteiger charge is -2.21. The largest absolute Gasteiger partial charge is 0.307 e. The van der Waals surface area contributed by atoms with Gasteiger partial charge in [0.15, 0.2) is 0 Å². The summed E-state index contributed by atoms with van der Waals surface area (Å²) in [5.74, 6) is 0. The van der Waals surface area contributed by atoms with Crippen LogP contribution in [0.5, 0.6) is 0 Å². The summed E-state index contributed by atoms with van der Waals surface area (Å²) < 4.78 is 1.13. The van der Waals surface area contributed by atoms with Crippen molar-refractivity contribution in [3.63, 3.8) is 0 Å². The highest BCUT2D eigenvalue weighted by Crippen LogP contribution is 2.20. The minimum absolute atomic E-state index is 0.367. The molecule has 0 aromatic heterocycles. The van der Waals surface area contributed by atoms with E-state index in [1.54, 1.807) is 11.8 Å². The Hall–Kier alpha value is -0.770. The van der Waals surface area contributed by atoms with Gasteiger partial charge >= 0.3 is 0 Å². The first-order valence-electron chi connectivity index (χ1n) is 7.23. The average Bonchev–Trinajstić information content (AvgIpc) is 2.49. The maximum absolute atomic E-state index is 3.68. The monoisotopic (exact) mass is 363 g/mol. The Morgan fingerprint density at radius 2 is 1.62 bits per heavy atom. The number of thioether (sulfide) groups is 1. The third-order valence-electron chi connectivity index (χ3n) is 3.61. The summed E-state index contributed by atoms with van der Waals surface area (Å²) in [6.07, 6.45) is 3.15. The zero-order valence-corrected chi connectivity index (χ0v) is 15.2. The highest BCUT2D eigenvalue weighted by atomic mass is 79.9. The highest BCUT2D eigenvalue weighted by molar-refractivity contribution is 9.10. The number of nitrogens with one attached hydrogen (secondary N) is 1. The van der Waals surface area contributed by atoms with Crippen molar-refractivity contribution >= 4 is 27.7 Å². The van der Waals surface area contributed by atoms with Crippen LogP contribution in [0.15, 0.2) is 57.9 Å². The molecule has 2 aromatic rings. The van der Waals surface area contributed by atoms with Crippen LogP contribution in [0.4, 0.5) is 0 Å². The lowest BCUT2D eigenvalue weighted by molar-refractivity contribution is 0.477. The smallest absolute Gasteiger partial charge is 0.0294 e. The van der Waals surface area contributed by atoms with Crippen LogP contribution in [0.3, 0.4) is 0 Å². The molecule has 2 rings (SSSR count). The van der Waals surface area contributed by atoms with E-state index in [9.17, 15) is 0 Å². The number of hydrogen-bond acceptors (Lipinski definition) is 2. The fraction of sp³-hybridized carbons (Fsp3) is 0.333. The second-order valence-electron chi connectivity index (χ2n) is 5.39. The van der Waals surface area contributed by atoms with Crippen molar-refractivity contribution in [3.8, 4) is 0 Å². The number of benzene rings is 2. The van der Waals surface area contributed by atoms with Crippen molar-refractivity contribution in [2.24, 2.45) is 0 Å². The Morgan fingerprint density at radius 3 is 2.19 bits per heavy atom. The Labute approximate surface area is 140 Å². The van der Waals surface area contributed by atoms with E-state index in [1.807, 2.05) is 0 Å². The maximum Gasteiger partial charge on any atom is 0.0294 e. The molecule has 0 amide bonds. The lowest BCUT2D eigenvalue weighted by atomic mass is 10.0. The van der Waals surface area contributed by atoms with E-state index in [0.29, 0.717) is 12.1 Å². The summed E-state index contributed by atoms with van der Waals surface area (Å²) >= 11 is 5.26. The molecule has 2 atom stereocenters. The molecule has 0 aliphatic carbocycles. The third-order valence-corrected chi connectivity index (χ3v) is 4.88. The average molecular weight is 364 g/mol. The molecule has 2 unspecified atom stereocenters. The molecule has 0 heterocycles. The van der Waals surface area contributed by atoms with Gasteiger partial charge in [0.1, 0.15) is 0 Å². The molecule has 0 saturated carbocycles. The van der Waals surface area contributed by atoms with Crippen LogP contribution in [-0.2, 0) is 6.42 Å². The Bertz CT molecular complexity index is 550. The summed E-state index contributed by atoms with van der Waals surface area (Å²) in [4.78, 5) is 1.31. The van der Waals surface area contributed by atoms with Gasteiger partial charge in [-0.1, -0.05) is 40.2 Å². The summed E-state index contributed by atoms with van der Waals surface area (Å²) in [6.45, 7) is 4.47. The van der Waals surface area contributed by atoms with Crippen LogP contribution in [0.1, 0.15) is 31.0 Å². The van der Waals surface area contributed by atoms with Crippen LogP contribution >= 0.6 is 27.7 Å². The molecule has 0 fully saturated rings. The van der Waals surface area contributed by atoms with Gasteiger partial charge in [-0.25, -0.2) is 0 Å². The molecule has 0 spiro atoms. The molecular formula is C18H22BrNS. The second kappa shape index (κ2) is 8.02. The van der Waals surface area contributed by atoms with Crippen molar-refractivity contribution in [1.82, 2.24) is 5.32 Å². The van der Waals surface area contributed by atoms with Gasteiger partial charge in [-0.3, -0.25) is 0 Å². The van der Waals surface area contributed by atoms with E-state index in [4.69, 9.17) is 0 Å². The molecule has 0 bridgehead atoms. The first-order chi connectivity index (χ1) is 10.1. The van der Waals surface area contributed by atoms with Gasteiger partial charge in [-0.2, -0.15) is 0 Å². The normalized spacial score (nSPS) is 13.9. The van der Waals surface area contributed by atoms with Crippen molar-refractivity contribution in [1.29, 1.82) is 0 Å². The summed E-state index contributed by atoms with van der Waals surface area (Å²) in [5.41, 5.74) is 2.71. The zero-order valence-electron chi connectivity index (χ0n) is 12.8. The van der Waals surface area contributed by atoms with Crippen molar-refractivity contribution in [2.45, 2.75) is 37.2 Å². The quantitative estimate of drug-likeness (QED) is 0.684. The molecule has 2 aromatic carbocycles. The Kier molecular flexibility index (Phi) is 6.34. The molecular weight excluding hydrogens is 342 g/mol. The van der Waals surface area contributed by atoms with Gasteiger partial charge in [0.25, 0.3) is 0 Å². The fourth-order valence-electron chi connectivity index (χ4n) is 2.45. The molecule has 1 nitrogen and oxygen atoms in total. The van der Waals surface area contributed by atoms with Gasteiger partial charge < -0.3 is 5.32 Å². The number of halogens is 1. The molecule has 112 valence electrons. The first-order valence-corrected chi connectivity index (χ1v) is 9.24. The van der Waals surface area contributed by atoms with Crippen LogP contribution < -0.4 is 5.32 Å². The predicted octanol–water partition coefficient (Wildman–Crippen LogP) is 5.45. The van der Waals surface area contributed by atoms with Crippen LogP contribution in [0, 0.1) is 0 Å². The van der Waals surface area contributed by atoms with Gasteiger partial charge in [-0.15, -0.1) is 11.8 Å². The topological polar surface area (TPSA) is 12.0 Å². The van der Waals surface area contributed by atoms with Crippen LogP contribution in [0.25, 0.3) is 0 Å². The highest BCUT2D eigenvalue weighted by Gasteiger charge is 2.10. The van der Waals surface area contributed by atoms with Crippen molar-refractivity contribution < 1.29 is 0 Å². The lowest BCUT2D eigenvalue weighted by Crippen LogP contribution is -2.30. The summed E-state index contributed by atoms with van der Waals surface area (Å²) in [7, 11) is 0. The summed E-state index contributed by atoms with van der Waals surface area (Å²) in [5, 5.41) is 3.68. The predicted molar refractivity (Wildman–Crippen MR) is 97.1 cm³/mol. The van der Waals surface area contributed by atoms with E-state index in [-0.39, 0.29) is 0 Å². The Balaban J connectivity index is 1.91. The number of hydrogen-bond donors (Lipinski definition) is 1. The molecule has 0 radical (unpaired) electrons. The molecule has 0 aliphatic heterocycles. The SMILES string of the molecule is CSc1ccc(C(C)NC(C)Cc2ccc(Br)cc2)cc1. The van der Waals surface area contributed by atoms with Crippen LogP contribution in [0.2, 0.25) is 0 Å². The molecule has 1 N–H and O–H groups in total. The maximum atomic E-state index is 3.68. The molecule has 21 heavy (non-hydrogen) atoms. The van der Waals surface area contributed by atoms with Gasteiger partial charge in [0.05, 0.1) is 0 Å². The molecule has 0 saturated heterocycles.